The summed E-state index contributed by atoms with van der Waals surface area (Å²) in [5.74, 6) is -0.952. The van der Waals surface area contributed by atoms with E-state index < -0.39 is 18.9 Å². The minimum absolute atomic E-state index is 0.148. The standard InChI is InChI=1S/C10H12O4/c11-7-14-9(6-10(12)13)8-4-2-1-3-5-8/h1-5,9,11H,6-7H2,(H,12,13). The van der Waals surface area contributed by atoms with Crippen molar-refractivity contribution in [3.8, 4) is 0 Å². The summed E-state index contributed by atoms with van der Waals surface area (Å²) in [6.07, 6.45) is -0.733. The van der Waals surface area contributed by atoms with Gasteiger partial charge in [0.25, 0.3) is 0 Å². The van der Waals surface area contributed by atoms with Crippen LogP contribution in [0.1, 0.15) is 18.1 Å². The molecule has 1 atom stereocenters. The number of benzene rings is 1. The molecular weight excluding hydrogens is 184 g/mol. The molecule has 0 amide bonds. The smallest absolute Gasteiger partial charge is 0.306 e. The Hall–Kier alpha value is -1.39. The molecule has 0 spiro atoms. The molecule has 0 saturated heterocycles. The number of aliphatic hydroxyl groups is 1. The normalized spacial score (nSPS) is 12.4. The van der Waals surface area contributed by atoms with E-state index in [2.05, 4.69) is 0 Å². The van der Waals surface area contributed by atoms with Crippen LogP contribution >= 0.6 is 0 Å². The van der Waals surface area contributed by atoms with Gasteiger partial charge in [0.1, 0.15) is 6.79 Å². The zero-order valence-corrected chi connectivity index (χ0v) is 7.59. The minimum atomic E-state index is -0.952. The number of hydrogen-bond acceptors (Lipinski definition) is 3. The van der Waals surface area contributed by atoms with Gasteiger partial charge in [0.2, 0.25) is 0 Å². The fourth-order valence-electron chi connectivity index (χ4n) is 1.19. The number of carboxylic acid groups (broad SMARTS) is 1. The van der Waals surface area contributed by atoms with Crippen molar-refractivity contribution in [2.24, 2.45) is 0 Å². The molecular formula is C10H12O4. The van der Waals surface area contributed by atoms with Crippen LogP contribution in [0.3, 0.4) is 0 Å². The van der Waals surface area contributed by atoms with Gasteiger partial charge in [-0.1, -0.05) is 30.3 Å². The predicted octanol–water partition coefficient (Wildman–Crippen LogP) is 1.17. The van der Waals surface area contributed by atoms with Gasteiger partial charge < -0.3 is 14.9 Å². The molecule has 1 aromatic rings. The van der Waals surface area contributed by atoms with Crippen molar-refractivity contribution < 1.29 is 19.7 Å². The largest absolute Gasteiger partial charge is 0.481 e. The maximum atomic E-state index is 10.5. The van der Waals surface area contributed by atoms with E-state index in [-0.39, 0.29) is 6.42 Å². The number of carboxylic acids is 1. The monoisotopic (exact) mass is 196 g/mol. The van der Waals surface area contributed by atoms with Crippen LogP contribution in [0.15, 0.2) is 30.3 Å². The van der Waals surface area contributed by atoms with Gasteiger partial charge in [0.15, 0.2) is 0 Å². The molecule has 76 valence electrons. The number of hydrogen-bond donors (Lipinski definition) is 2. The molecule has 14 heavy (non-hydrogen) atoms. The second kappa shape index (κ2) is 5.36. The Kier molecular flexibility index (Phi) is 4.10. The van der Waals surface area contributed by atoms with Gasteiger partial charge in [-0.3, -0.25) is 4.79 Å². The summed E-state index contributed by atoms with van der Waals surface area (Å²) in [5.41, 5.74) is 0.754. The molecule has 4 heteroatoms. The van der Waals surface area contributed by atoms with E-state index >= 15 is 0 Å². The quantitative estimate of drug-likeness (QED) is 0.694. The maximum absolute atomic E-state index is 10.5. The minimum Gasteiger partial charge on any atom is -0.481 e. The summed E-state index contributed by atoms with van der Waals surface area (Å²) in [7, 11) is 0. The van der Waals surface area contributed by atoms with Crippen LogP contribution in [0.5, 0.6) is 0 Å². The average Bonchev–Trinajstić information content (AvgIpc) is 2.18. The fraction of sp³-hybridized carbons (Fsp3) is 0.300. The van der Waals surface area contributed by atoms with Gasteiger partial charge >= 0.3 is 5.97 Å². The van der Waals surface area contributed by atoms with Crippen molar-refractivity contribution in [2.45, 2.75) is 12.5 Å². The highest BCUT2D eigenvalue weighted by atomic mass is 16.6. The van der Waals surface area contributed by atoms with Gasteiger partial charge in [-0.05, 0) is 5.56 Å². The number of rotatable bonds is 5. The second-order valence-electron chi connectivity index (χ2n) is 2.79. The lowest BCUT2D eigenvalue weighted by atomic mass is 10.1. The molecule has 1 unspecified atom stereocenters. The van der Waals surface area contributed by atoms with Gasteiger partial charge in [0, 0.05) is 0 Å². The van der Waals surface area contributed by atoms with Crippen LogP contribution in [0.2, 0.25) is 0 Å². The molecule has 0 fully saturated rings. The van der Waals surface area contributed by atoms with E-state index in [1.165, 1.54) is 0 Å². The first-order chi connectivity index (χ1) is 6.74. The molecule has 0 bridgehead atoms. The third-order valence-electron chi connectivity index (χ3n) is 1.81. The second-order valence-corrected chi connectivity index (χ2v) is 2.79. The highest BCUT2D eigenvalue weighted by Crippen LogP contribution is 2.20. The van der Waals surface area contributed by atoms with Crippen LogP contribution in [0.4, 0.5) is 0 Å². The molecule has 1 aromatic carbocycles. The van der Waals surface area contributed by atoms with E-state index in [1.807, 2.05) is 6.07 Å². The van der Waals surface area contributed by atoms with E-state index in [0.717, 1.165) is 5.56 Å². The fourth-order valence-corrected chi connectivity index (χ4v) is 1.19. The average molecular weight is 196 g/mol. The van der Waals surface area contributed by atoms with Crippen molar-refractivity contribution in [2.75, 3.05) is 6.79 Å². The first-order valence-electron chi connectivity index (χ1n) is 4.23. The molecule has 0 aliphatic heterocycles. The maximum Gasteiger partial charge on any atom is 0.306 e. The molecule has 0 aromatic heterocycles. The zero-order chi connectivity index (χ0) is 10.4. The van der Waals surface area contributed by atoms with Crippen LogP contribution in [0.25, 0.3) is 0 Å². The first-order valence-corrected chi connectivity index (χ1v) is 4.23. The molecule has 0 radical (unpaired) electrons. The summed E-state index contributed by atoms with van der Waals surface area (Å²) in [4.78, 5) is 10.5. The third kappa shape index (κ3) is 3.16. The van der Waals surface area contributed by atoms with Gasteiger partial charge in [-0.25, -0.2) is 0 Å². The van der Waals surface area contributed by atoms with Crippen LogP contribution in [0, 0.1) is 0 Å². The summed E-state index contributed by atoms with van der Waals surface area (Å²) >= 11 is 0. The SMILES string of the molecule is O=C(O)CC(OCO)c1ccccc1. The summed E-state index contributed by atoms with van der Waals surface area (Å²) < 4.78 is 4.91. The molecule has 0 aliphatic rings. The summed E-state index contributed by atoms with van der Waals surface area (Å²) in [6.45, 7) is -0.479. The van der Waals surface area contributed by atoms with Gasteiger partial charge in [-0.2, -0.15) is 0 Å². The highest BCUT2D eigenvalue weighted by molar-refractivity contribution is 5.67. The lowest BCUT2D eigenvalue weighted by Crippen LogP contribution is -2.10. The first kappa shape index (κ1) is 10.7. The van der Waals surface area contributed by atoms with Crippen molar-refractivity contribution in [3.05, 3.63) is 35.9 Å². The topological polar surface area (TPSA) is 66.8 Å². The van der Waals surface area contributed by atoms with Gasteiger partial charge in [-0.15, -0.1) is 0 Å². The van der Waals surface area contributed by atoms with Crippen molar-refractivity contribution in [3.63, 3.8) is 0 Å². The zero-order valence-electron chi connectivity index (χ0n) is 7.59. The van der Waals surface area contributed by atoms with Crippen molar-refractivity contribution in [1.82, 2.24) is 0 Å². The lowest BCUT2D eigenvalue weighted by molar-refractivity contribution is -0.142. The number of carbonyl (C=O) groups is 1. The van der Waals surface area contributed by atoms with Crippen LogP contribution in [-0.4, -0.2) is 23.0 Å². The molecule has 2 N–H and O–H groups in total. The van der Waals surface area contributed by atoms with Crippen molar-refractivity contribution in [1.29, 1.82) is 0 Å². The Morgan fingerprint density at radius 3 is 2.50 bits per heavy atom. The Morgan fingerprint density at radius 1 is 1.36 bits per heavy atom. The molecule has 0 heterocycles. The predicted molar refractivity (Wildman–Crippen MR) is 49.6 cm³/mol. The Balaban J connectivity index is 2.72. The highest BCUT2D eigenvalue weighted by Gasteiger charge is 2.15. The Labute approximate surface area is 81.8 Å². The lowest BCUT2D eigenvalue weighted by Gasteiger charge is -2.14. The summed E-state index contributed by atoms with van der Waals surface area (Å²) in [5, 5.41) is 17.2. The van der Waals surface area contributed by atoms with Crippen molar-refractivity contribution >= 4 is 5.97 Å². The van der Waals surface area contributed by atoms with E-state index in [9.17, 15) is 4.79 Å². The van der Waals surface area contributed by atoms with Crippen LogP contribution < -0.4 is 0 Å². The van der Waals surface area contributed by atoms with Gasteiger partial charge in [0.05, 0.1) is 12.5 Å². The number of ether oxygens (including phenoxy) is 1. The number of aliphatic hydroxyl groups excluding tert-OH is 1. The third-order valence-corrected chi connectivity index (χ3v) is 1.81. The number of aliphatic carboxylic acids is 1. The molecule has 4 nitrogen and oxygen atoms in total. The van der Waals surface area contributed by atoms with E-state index in [4.69, 9.17) is 14.9 Å². The van der Waals surface area contributed by atoms with E-state index in [1.54, 1.807) is 24.3 Å². The molecule has 1 rings (SSSR count). The summed E-state index contributed by atoms with van der Waals surface area (Å²) in [6, 6.07) is 8.96. The Bertz CT molecular complexity index is 283. The Morgan fingerprint density at radius 2 is 2.00 bits per heavy atom. The molecule has 0 aliphatic carbocycles. The van der Waals surface area contributed by atoms with Crippen LogP contribution in [-0.2, 0) is 9.53 Å². The van der Waals surface area contributed by atoms with E-state index in [0.29, 0.717) is 0 Å². The molecule has 0 saturated carbocycles.